The molecule has 1 saturated heterocycles. The van der Waals surface area contributed by atoms with Crippen molar-refractivity contribution in [3.8, 4) is 0 Å². The Bertz CT molecular complexity index is 715. The molecular weight excluding hydrogens is 489 g/mol. The van der Waals surface area contributed by atoms with E-state index in [4.69, 9.17) is 4.74 Å². The minimum Gasteiger partial charge on any atom is -0.444 e. The number of aliphatic imine (C=N–C) groups is 1. The van der Waals surface area contributed by atoms with Gasteiger partial charge in [0.05, 0.1) is 11.9 Å². The number of piperazine rings is 1. The van der Waals surface area contributed by atoms with Crippen LogP contribution in [0.5, 0.6) is 0 Å². The first-order valence-electron chi connectivity index (χ1n) is 9.41. The molecule has 2 N–H and O–H groups in total. The van der Waals surface area contributed by atoms with E-state index in [0.29, 0.717) is 38.6 Å². The third-order valence-electron chi connectivity index (χ3n) is 4.04. The molecule has 1 aromatic heterocycles. The number of hydrogen-bond acceptors (Lipinski definition) is 5. The minimum atomic E-state index is -0.505. The molecule has 29 heavy (non-hydrogen) atoms. The number of guanidine groups is 1. The maximum Gasteiger partial charge on any atom is 0.407 e. The van der Waals surface area contributed by atoms with Gasteiger partial charge in [0.1, 0.15) is 12.1 Å². The van der Waals surface area contributed by atoms with E-state index in [1.807, 2.05) is 38.9 Å². The van der Waals surface area contributed by atoms with Crippen LogP contribution in [0.3, 0.4) is 0 Å². The first kappa shape index (κ1) is 25.0. The number of carbonyl (C=O) groups excluding carboxylic acids is 2. The summed E-state index contributed by atoms with van der Waals surface area (Å²) in [5.74, 6) is 0.685. The fraction of sp³-hybridized carbons (Fsp3) is 0.667. The molecular formula is C18H32IN7O3. The summed E-state index contributed by atoms with van der Waals surface area (Å²) in [7, 11) is 3.52. The third-order valence-corrected chi connectivity index (χ3v) is 4.04. The van der Waals surface area contributed by atoms with Crippen LogP contribution in [-0.4, -0.2) is 78.0 Å². The molecule has 1 aliphatic rings. The molecule has 0 atom stereocenters. The van der Waals surface area contributed by atoms with Crippen LogP contribution in [0.2, 0.25) is 0 Å². The van der Waals surface area contributed by atoms with Gasteiger partial charge in [0.2, 0.25) is 5.91 Å². The smallest absolute Gasteiger partial charge is 0.407 e. The van der Waals surface area contributed by atoms with Gasteiger partial charge in [0, 0.05) is 46.5 Å². The summed E-state index contributed by atoms with van der Waals surface area (Å²) < 4.78 is 6.87. The number of alkyl carbamates (subject to hydrolysis) is 1. The summed E-state index contributed by atoms with van der Waals surface area (Å²) in [5, 5.41) is 10.1. The van der Waals surface area contributed by atoms with Crippen LogP contribution in [0.15, 0.2) is 17.4 Å². The lowest BCUT2D eigenvalue weighted by Crippen LogP contribution is -2.55. The molecule has 0 aromatic carbocycles. The second-order valence-electron chi connectivity index (χ2n) is 7.60. The number of carbonyl (C=O) groups is 2. The van der Waals surface area contributed by atoms with Gasteiger partial charge in [0.25, 0.3) is 0 Å². The number of aromatic nitrogens is 2. The Kier molecular flexibility index (Phi) is 9.66. The predicted octanol–water partition coefficient (Wildman–Crippen LogP) is 1.18. The Labute approximate surface area is 189 Å². The zero-order valence-electron chi connectivity index (χ0n) is 17.8. The predicted molar refractivity (Wildman–Crippen MR) is 123 cm³/mol. The topological polar surface area (TPSA) is 104 Å². The fourth-order valence-corrected chi connectivity index (χ4v) is 2.80. The molecule has 0 aliphatic carbocycles. The molecule has 0 bridgehead atoms. The number of aryl methyl sites for hydroxylation is 1. The molecule has 0 saturated carbocycles. The van der Waals surface area contributed by atoms with Crippen LogP contribution in [0.25, 0.3) is 0 Å². The largest absolute Gasteiger partial charge is 0.444 e. The first-order valence-corrected chi connectivity index (χ1v) is 9.41. The summed E-state index contributed by atoms with van der Waals surface area (Å²) in [6.07, 6.45) is 3.81. The highest BCUT2D eigenvalue weighted by Crippen LogP contribution is 2.16. The molecule has 2 rings (SSSR count). The Hall–Kier alpha value is -2.05. The van der Waals surface area contributed by atoms with Gasteiger partial charge in [0.15, 0.2) is 5.96 Å². The standard InChI is InChI=1S/C18H31N7O3.HI/c1-18(2,3)28-17(27)21-8-6-7-20-16(19-4)24-9-10-25(15(26)13-24)14-11-22-23(5)12-14;/h11-12H,6-10,13H2,1-5H3,(H,19,20)(H,21,27);1H. The molecule has 1 aliphatic heterocycles. The van der Waals surface area contributed by atoms with Crippen molar-refractivity contribution in [2.75, 3.05) is 44.7 Å². The van der Waals surface area contributed by atoms with E-state index < -0.39 is 11.7 Å². The van der Waals surface area contributed by atoms with Gasteiger partial charge >= 0.3 is 6.09 Å². The van der Waals surface area contributed by atoms with E-state index in [1.54, 1.807) is 22.8 Å². The van der Waals surface area contributed by atoms with Gasteiger partial charge in [-0.3, -0.25) is 14.5 Å². The van der Waals surface area contributed by atoms with Crippen molar-refractivity contribution in [2.45, 2.75) is 32.8 Å². The summed E-state index contributed by atoms with van der Waals surface area (Å²) in [6, 6.07) is 0. The van der Waals surface area contributed by atoms with Crippen molar-refractivity contribution in [3.05, 3.63) is 12.4 Å². The highest BCUT2D eigenvalue weighted by atomic mass is 127. The number of anilines is 1. The van der Waals surface area contributed by atoms with Crippen molar-refractivity contribution in [1.82, 2.24) is 25.3 Å². The van der Waals surface area contributed by atoms with Crippen molar-refractivity contribution >= 4 is 47.6 Å². The monoisotopic (exact) mass is 521 g/mol. The van der Waals surface area contributed by atoms with Gasteiger partial charge < -0.3 is 25.2 Å². The molecule has 11 heteroatoms. The summed E-state index contributed by atoms with van der Waals surface area (Å²) in [4.78, 5) is 32.0. The number of nitrogens with zero attached hydrogens (tertiary/aromatic N) is 5. The molecule has 2 heterocycles. The molecule has 1 aromatic rings. The zero-order chi connectivity index (χ0) is 20.7. The molecule has 0 unspecified atom stereocenters. The summed E-state index contributed by atoms with van der Waals surface area (Å²) >= 11 is 0. The van der Waals surface area contributed by atoms with Crippen LogP contribution < -0.4 is 15.5 Å². The molecule has 10 nitrogen and oxygen atoms in total. The highest BCUT2D eigenvalue weighted by molar-refractivity contribution is 14.0. The van der Waals surface area contributed by atoms with E-state index >= 15 is 0 Å². The molecule has 2 amide bonds. The van der Waals surface area contributed by atoms with E-state index in [-0.39, 0.29) is 36.4 Å². The van der Waals surface area contributed by atoms with Crippen LogP contribution in [0.1, 0.15) is 27.2 Å². The van der Waals surface area contributed by atoms with Crippen LogP contribution >= 0.6 is 24.0 Å². The average Bonchev–Trinajstić information content (AvgIpc) is 3.02. The van der Waals surface area contributed by atoms with Crippen LogP contribution in [0, 0.1) is 0 Å². The van der Waals surface area contributed by atoms with E-state index in [2.05, 4.69) is 20.7 Å². The van der Waals surface area contributed by atoms with Crippen molar-refractivity contribution in [1.29, 1.82) is 0 Å². The lowest BCUT2D eigenvalue weighted by Gasteiger charge is -2.35. The van der Waals surface area contributed by atoms with Gasteiger partial charge in [-0.15, -0.1) is 24.0 Å². The fourth-order valence-electron chi connectivity index (χ4n) is 2.80. The van der Waals surface area contributed by atoms with Crippen LogP contribution in [-0.2, 0) is 16.6 Å². The van der Waals surface area contributed by atoms with Crippen molar-refractivity contribution in [2.24, 2.45) is 12.0 Å². The number of halogens is 1. The van der Waals surface area contributed by atoms with Crippen molar-refractivity contribution < 1.29 is 14.3 Å². The van der Waals surface area contributed by atoms with Crippen LogP contribution in [0.4, 0.5) is 10.5 Å². The maximum atomic E-state index is 12.5. The van der Waals surface area contributed by atoms with E-state index in [9.17, 15) is 9.59 Å². The Morgan fingerprint density at radius 2 is 1.97 bits per heavy atom. The first-order chi connectivity index (χ1) is 13.2. The molecule has 0 spiro atoms. The highest BCUT2D eigenvalue weighted by Gasteiger charge is 2.27. The maximum absolute atomic E-state index is 12.5. The number of ether oxygens (including phenoxy) is 1. The average molecular weight is 521 g/mol. The minimum absolute atomic E-state index is 0. The number of hydrogen-bond donors (Lipinski definition) is 2. The van der Waals surface area contributed by atoms with Gasteiger partial charge in [-0.1, -0.05) is 0 Å². The zero-order valence-corrected chi connectivity index (χ0v) is 20.1. The second-order valence-corrected chi connectivity index (χ2v) is 7.60. The number of rotatable bonds is 5. The molecule has 0 radical (unpaired) electrons. The lowest BCUT2D eigenvalue weighted by molar-refractivity contribution is -0.120. The summed E-state index contributed by atoms with van der Waals surface area (Å²) in [6.45, 7) is 8.10. The summed E-state index contributed by atoms with van der Waals surface area (Å²) in [5.41, 5.74) is 0.304. The second kappa shape index (κ2) is 11.2. The number of nitrogens with one attached hydrogen (secondary N) is 2. The SMILES string of the molecule is CN=C(NCCCNC(=O)OC(C)(C)C)N1CCN(c2cnn(C)c2)C(=O)C1.I. The lowest BCUT2D eigenvalue weighted by atomic mass is 10.2. The van der Waals surface area contributed by atoms with Gasteiger partial charge in [-0.05, 0) is 27.2 Å². The van der Waals surface area contributed by atoms with Crippen molar-refractivity contribution in [3.63, 3.8) is 0 Å². The molecule has 1 fully saturated rings. The number of amides is 2. The van der Waals surface area contributed by atoms with E-state index in [1.165, 1.54) is 0 Å². The Morgan fingerprint density at radius 3 is 2.52 bits per heavy atom. The van der Waals surface area contributed by atoms with Gasteiger partial charge in [-0.2, -0.15) is 5.10 Å². The molecule has 164 valence electrons. The van der Waals surface area contributed by atoms with E-state index in [0.717, 1.165) is 5.69 Å². The quantitative estimate of drug-likeness (QED) is 0.261. The Morgan fingerprint density at radius 1 is 1.28 bits per heavy atom. The Balaban J connectivity index is 0.00000420. The normalized spacial score (nSPS) is 15.1. The van der Waals surface area contributed by atoms with Gasteiger partial charge in [-0.25, -0.2) is 4.79 Å². The third kappa shape index (κ3) is 8.07.